The highest BCUT2D eigenvalue weighted by Crippen LogP contribution is 2.38. The molecule has 2 unspecified atom stereocenters. The van der Waals surface area contributed by atoms with Gasteiger partial charge in [0.25, 0.3) is 0 Å². The molecule has 2 aliphatic rings. The molecule has 21 heavy (non-hydrogen) atoms. The van der Waals surface area contributed by atoms with Gasteiger partial charge >= 0.3 is 12.4 Å². The summed E-state index contributed by atoms with van der Waals surface area (Å²) < 4.78 is 80.2. The lowest BCUT2D eigenvalue weighted by Gasteiger charge is -2.35. The van der Waals surface area contributed by atoms with E-state index in [9.17, 15) is 26.3 Å². The summed E-state index contributed by atoms with van der Waals surface area (Å²) in [6, 6.07) is -0.722. The Bertz CT molecular complexity index is 529. The Morgan fingerprint density at radius 3 is 2.33 bits per heavy atom. The van der Waals surface area contributed by atoms with E-state index < -0.39 is 48.1 Å². The smallest absolute Gasteiger partial charge is 0.448 e. The number of alkyl halides is 6. The number of nitrogens with one attached hydrogen (secondary N) is 1. The first-order valence-corrected chi connectivity index (χ1v) is 5.88. The fourth-order valence-corrected chi connectivity index (χ4v) is 2.08. The van der Waals surface area contributed by atoms with Crippen LogP contribution < -0.4 is 5.32 Å². The molecule has 2 atom stereocenters. The van der Waals surface area contributed by atoms with Gasteiger partial charge < -0.3 is 15.2 Å². The van der Waals surface area contributed by atoms with E-state index in [1.165, 1.54) is 13.0 Å². The fourth-order valence-electron chi connectivity index (χ4n) is 2.08. The van der Waals surface area contributed by atoms with E-state index in [1.807, 2.05) is 0 Å². The zero-order valence-corrected chi connectivity index (χ0v) is 10.6. The Kier molecular flexibility index (Phi) is 3.73. The van der Waals surface area contributed by atoms with Crippen molar-refractivity contribution in [3.63, 3.8) is 0 Å². The number of aliphatic hydroxyl groups is 1. The number of aliphatic hydroxyl groups excluding tert-OH is 1. The van der Waals surface area contributed by atoms with Gasteiger partial charge in [-0.1, -0.05) is 6.08 Å². The van der Waals surface area contributed by atoms with Gasteiger partial charge in [-0.3, -0.25) is 0 Å². The van der Waals surface area contributed by atoms with Crippen LogP contribution >= 0.6 is 0 Å². The molecule has 9 heteroatoms. The molecule has 0 bridgehead atoms. The predicted molar refractivity (Wildman–Crippen MR) is 60.3 cm³/mol. The van der Waals surface area contributed by atoms with Crippen LogP contribution in [0, 0.1) is 0 Å². The van der Waals surface area contributed by atoms with Crippen LogP contribution in [-0.2, 0) is 4.74 Å². The van der Waals surface area contributed by atoms with Crippen LogP contribution in [0.1, 0.15) is 6.92 Å². The molecule has 2 heterocycles. The third kappa shape index (κ3) is 3.17. The van der Waals surface area contributed by atoms with E-state index in [0.717, 1.165) is 0 Å². The molecule has 2 aliphatic heterocycles. The monoisotopic (exact) mass is 315 g/mol. The van der Waals surface area contributed by atoms with E-state index in [2.05, 4.69) is 5.32 Å². The van der Waals surface area contributed by atoms with Gasteiger partial charge in [0.2, 0.25) is 5.76 Å². The first-order chi connectivity index (χ1) is 9.50. The Morgan fingerprint density at radius 1 is 1.29 bits per heavy atom. The van der Waals surface area contributed by atoms with Gasteiger partial charge in [0.05, 0.1) is 6.61 Å². The maximum Gasteiger partial charge on any atom is 0.448 e. The zero-order valence-electron chi connectivity index (χ0n) is 10.6. The Balaban J connectivity index is 2.32. The summed E-state index contributed by atoms with van der Waals surface area (Å²) >= 11 is 0. The van der Waals surface area contributed by atoms with Gasteiger partial charge in [-0.15, -0.1) is 0 Å². The highest BCUT2D eigenvalue weighted by molar-refractivity contribution is 5.43. The van der Waals surface area contributed by atoms with Crippen molar-refractivity contribution in [1.82, 2.24) is 5.32 Å². The molecule has 1 saturated heterocycles. The fraction of sp³-hybridized carbons (Fsp3) is 0.500. The third-order valence-corrected chi connectivity index (χ3v) is 3.04. The minimum absolute atomic E-state index is 0.0642. The summed E-state index contributed by atoms with van der Waals surface area (Å²) in [5, 5.41) is 11.3. The number of rotatable bonds is 1. The molecule has 2 rings (SSSR count). The molecule has 0 spiro atoms. The van der Waals surface area contributed by atoms with Crippen LogP contribution in [0.3, 0.4) is 0 Å². The van der Waals surface area contributed by atoms with Crippen molar-refractivity contribution in [2.24, 2.45) is 0 Å². The molecule has 0 aromatic rings. The van der Waals surface area contributed by atoms with Crippen molar-refractivity contribution in [3.05, 3.63) is 34.8 Å². The first-order valence-electron chi connectivity index (χ1n) is 5.88. The minimum Gasteiger partial charge on any atom is -0.504 e. The molecule has 1 fully saturated rings. The van der Waals surface area contributed by atoms with Crippen molar-refractivity contribution in [1.29, 1.82) is 0 Å². The number of halogens is 6. The molecule has 0 radical (unpaired) electrons. The van der Waals surface area contributed by atoms with Crippen LogP contribution in [-0.4, -0.2) is 36.2 Å². The maximum absolute atomic E-state index is 12.7. The number of dihydropyridines is 1. The topological polar surface area (TPSA) is 41.5 Å². The van der Waals surface area contributed by atoms with Gasteiger partial charge in [-0.05, 0) is 18.6 Å². The summed E-state index contributed by atoms with van der Waals surface area (Å²) in [5.41, 5.74) is -1.60. The van der Waals surface area contributed by atoms with E-state index in [0.29, 0.717) is 6.08 Å². The second-order valence-electron chi connectivity index (χ2n) is 4.72. The zero-order chi connectivity index (χ0) is 16.0. The number of ether oxygens (including phenoxy) is 1. The van der Waals surface area contributed by atoms with Crippen molar-refractivity contribution in [2.75, 3.05) is 6.61 Å². The van der Waals surface area contributed by atoms with Crippen molar-refractivity contribution >= 4 is 0 Å². The normalized spacial score (nSPS) is 29.1. The summed E-state index contributed by atoms with van der Waals surface area (Å²) in [6.45, 7) is 0.953. The molecular weight excluding hydrogens is 304 g/mol. The van der Waals surface area contributed by atoms with Crippen molar-refractivity contribution < 1.29 is 36.2 Å². The summed E-state index contributed by atoms with van der Waals surface area (Å²) in [4.78, 5) is 0. The number of hydrogen-bond acceptors (Lipinski definition) is 3. The number of allylic oxidation sites excluding steroid dienone is 2. The highest BCUT2D eigenvalue weighted by atomic mass is 19.4. The predicted octanol–water partition coefficient (Wildman–Crippen LogP) is 3.12. The van der Waals surface area contributed by atoms with Crippen LogP contribution in [0.25, 0.3) is 0 Å². The van der Waals surface area contributed by atoms with E-state index >= 15 is 0 Å². The lowest BCUT2D eigenvalue weighted by atomic mass is 9.92. The van der Waals surface area contributed by atoms with E-state index in [4.69, 9.17) is 9.84 Å². The molecule has 0 amide bonds. The van der Waals surface area contributed by atoms with E-state index in [1.54, 1.807) is 0 Å². The van der Waals surface area contributed by atoms with Gasteiger partial charge in [0.15, 0.2) is 0 Å². The molecule has 2 N–H and O–H groups in total. The average molecular weight is 315 g/mol. The average Bonchev–Trinajstić information content (AvgIpc) is 2.24. The molecular formula is C12H11F6NO2. The van der Waals surface area contributed by atoms with Gasteiger partial charge in [-0.2, -0.15) is 26.3 Å². The molecule has 0 aromatic carbocycles. The van der Waals surface area contributed by atoms with Gasteiger partial charge in [0.1, 0.15) is 11.8 Å². The Hall–Kier alpha value is -1.64. The molecule has 0 saturated carbocycles. The molecule has 118 valence electrons. The summed E-state index contributed by atoms with van der Waals surface area (Å²) in [7, 11) is 0. The Labute approximate surface area is 115 Å². The lowest BCUT2D eigenvalue weighted by Crippen LogP contribution is -2.41. The van der Waals surface area contributed by atoms with Crippen molar-refractivity contribution in [3.8, 4) is 0 Å². The SMILES string of the molecule is CC1C=C(C2OC/C2=C(/O)C(F)(F)F)C=C(C(F)(F)F)N1. The van der Waals surface area contributed by atoms with Crippen LogP contribution in [0.2, 0.25) is 0 Å². The molecule has 3 nitrogen and oxygen atoms in total. The van der Waals surface area contributed by atoms with Gasteiger partial charge in [0, 0.05) is 11.6 Å². The second kappa shape index (κ2) is 4.97. The van der Waals surface area contributed by atoms with Crippen LogP contribution in [0.5, 0.6) is 0 Å². The molecule has 0 aliphatic carbocycles. The standard InChI is InChI=1S/C12H11F6NO2/c1-5-2-6(3-8(19-5)11(13,14)15)9-7(4-21-9)10(20)12(16,17)18/h2-3,5,9,19-20H,4H2,1H3/b10-7-. The molecule has 0 aromatic heterocycles. The van der Waals surface area contributed by atoms with Crippen LogP contribution in [0.15, 0.2) is 34.8 Å². The quantitative estimate of drug-likeness (QED) is 0.577. The lowest BCUT2D eigenvalue weighted by molar-refractivity contribution is -0.127. The summed E-state index contributed by atoms with van der Waals surface area (Å²) in [5.74, 6) is -1.81. The van der Waals surface area contributed by atoms with Gasteiger partial charge in [-0.25, -0.2) is 0 Å². The first kappa shape index (κ1) is 15.7. The van der Waals surface area contributed by atoms with Crippen LogP contribution in [0.4, 0.5) is 26.3 Å². The minimum atomic E-state index is -4.95. The third-order valence-electron chi connectivity index (χ3n) is 3.04. The van der Waals surface area contributed by atoms with Crippen molar-refractivity contribution in [2.45, 2.75) is 31.4 Å². The highest BCUT2D eigenvalue weighted by Gasteiger charge is 2.44. The Morgan fingerprint density at radius 2 is 1.90 bits per heavy atom. The largest absolute Gasteiger partial charge is 0.504 e. The second-order valence-corrected chi connectivity index (χ2v) is 4.72. The number of hydrogen-bond donors (Lipinski definition) is 2. The van der Waals surface area contributed by atoms with E-state index in [-0.39, 0.29) is 5.57 Å². The summed E-state index contributed by atoms with van der Waals surface area (Å²) in [6.07, 6.45) is -8.90. The maximum atomic E-state index is 12.7.